The van der Waals surface area contributed by atoms with E-state index in [0.29, 0.717) is 16.9 Å². The fraction of sp³-hybridized carbons (Fsp3) is 0.130. The van der Waals surface area contributed by atoms with Crippen LogP contribution >= 0.6 is 11.8 Å². The minimum absolute atomic E-state index is 0.0506. The third kappa shape index (κ3) is 3.80. The van der Waals surface area contributed by atoms with E-state index in [-0.39, 0.29) is 28.4 Å². The fourth-order valence-electron chi connectivity index (χ4n) is 3.40. The van der Waals surface area contributed by atoms with Gasteiger partial charge in [0.1, 0.15) is 17.0 Å². The van der Waals surface area contributed by atoms with Gasteiger partial charge in [0.2, 0.25) is 5.91 Å². The summed E-state index contributed by atoms with van der Waals surface area (Å²) >= 11 is 1.43. The number of nitrogens with one attached hydrogen (secondary N) is 1. The van der Waals surface area contributed by atoms with Crippen molar-refractivity contribution in [1.82, 2.24) is 0 Å². The summed E-state index contributed by atoms with van der Waals surface area (Å²) in [5, 5.41) is 2.34. The third-order valence-electron chi connectivity index (χ3n) is 4.91. The van der Waals surface area contributed by atoms with Crippen LogP contribution in [-0.2, 0) is 4.79 Å². The van der Waals surface area contributed by atoms with E-state index < -0.39 is 11.7 Å². The molecule has 0 unspecified atom stereocenters. The molecule has 0 radical (unpaired) electrons. The maximum Gasteiger partial charge on any atom is 0.258 e. The van der Waals surface area contributed by atoms with Gasteiger partial charge in [0, 0.05) is 11.3 Å². The van der Waals surface area contributed by atoms with E-state index in [2.05, 4.69) is 5.32 Å². The Bertz CT molecular complexity index is 1140. The van der Waals surface area contributed by atoms with Crippen molar-refractivity contribution in [3.8, 4) is 0 Å². The number of thioether (sulfide) groups is 1. The van der Waals surface area contributed by atoms with Crippen LogP contribution in [0.15, 0.2) is 66.7 Å². The van der Waals surface area contributed by atoms with Crippen LogP contribution in [-0.4, -0.2) is 17.6 Å². The Morgan fingerprint density at radius 3 is 2.57 bits per heavy atom. The van der Waals surface area contributed by atoms with E-state index in [1.807, 2.05) is 6.07 Å². The maximum atomic E-state index is 14.1. The second kappa shape index (κ2) is 8.28. The minimum Gasteiger partial charge on any atom is -0.322 e. The highest BCUT2D eigenvalue weighted by Crippen LogP contribution is 2.43. The van der Waals surface area contributed by atoms with Crippen LogP contribution in [0.1, 0.15) is 26.9 Å². The summed E-state index contributed by atoms with van der Waals surface area (Å²) in [4.78, 5) is 26.6. The minimum atomic E-state index is -0.601. The summed E-state index contributed by atoms with van der Waals surface area (Å²) in [6.45, 7) is 1.64. The smallest absolute Gasteiger partial charge is 0.258 e. The van der Waals surface area contributed by atoms with Crippen molar-refractivity contribution in [3.63, 3.8) is 0 Å². The Kier molecular flexibility index (Phi) is 5.55. The normalized spacial score (nSPS) is 16.0. The lowest BCUT2D eigenvalue weighted by atomic mass is 10.1. The van der Waals surface area contributed by atoms with Crippen molar-refractivity contribution in [2.45, 2.75) is 12.3 Å². The van der Waals surface area contributed by atoms with Gasteiger partial charge in [-0.2, -0.15) is 0 Å². The molecule has 152 valence electrons. The molecular formula is C23H18F2N2O2S. The highest BCUT2D eigenvalue weighted by atomic mass is 32.2. The molecule has 1 aliphatic heterocycles. The molecule has 1 heterocycles. The molecule has 0 bridgehead atoms. The molecule has 4 rings (SSSR count). The zero-order chi connectivity index (χ0) is 21.3. The van der Waals surface area contributed by atoms with E-state index in [4.69, 9.17) is 0 Å². The van der Waals surface area contributed by atoms with Crippen LogP contribution in [0.3, 0.4) is 0 Å². The molecule has 7 heteroatoms. The predicted octanol–water partition coefficient (Wildman–Crippen LogP) is 5.30. The van der Waals surface area contributed by atoms with E-state index in [1.54, 1.807) is 48.2 Å². The number of hydrogen-bond acceptors (Lipinski definition) is 3. The molecule has 0 aromatic heterocycles. The molecule has 1 aliphatic rings. The first kappa shape index (κ1) is 20.1. The fourth-order valence-corrected chi connectivity index (χ4v) is 4.56. The summed E-state index contributed by atoms with van der Waals surface area (Å²) < 4.78 is 27.9. The van der Waals surface area contributed by atoms with Gasteiger partial charge >= 0.3 is 0 Å². The molecule has 3 aromatic rings. The van der Waals surface area contributed by atoms with Gasteiger partial charge in [-0.15, -0.1) is 11.8 Å². The van der Waals surface area contributed by atoms with Crippen LogP contribution < -0.4 is 10.2 Å². The zero-order valence-electron chi connectivity index (χ0n) is 16.1. The molecule has 1 fully saturated rings. The molecule has 30 heavy (non-hydrogen) atoms. The van der Waals surface area contributed by atoms with E-state index >= 15 is 0 Å². The van der Waals surface area contributed by atoms with Crippen molar-refractivity contribution in [2.24, 2.45) is 0 Å². The Balaban J connectivity index is 1.63. The predicted molar refractivity (Wildman–Crippen MR) is 115 cm³/mol. The van der Waals surface area contributed by atoms with Crippen LogP contribution in [0.2, 0.25) is 0 Å². The van der Waals surface area contributed by atoms with Crippen molar-refractivity contribution in [2.75, 3.05) is 16.0 Å². The van der Waals surface area contributed by atoms with Crippen molar-refractivity contribution in [3.05, 3.63) is 95.1 Å². The number of hydrogen-bond donors (Lipinski definition) is 1. The summed E-state index contributed by atoms with van der Waals surface area (Å²) in [5.74, 6) is -1.37. The van der Waals surface area contributed by atoms with Crippen molar-refractivity contribution >= 4 is 35.0 Å². The molecule has 1 N–H and O–H groups in total. The number of carbonyl (C=O) groups is 2. The monoisotopic (exact) mass is 424 g/mol. The number of rotatable bonds is 4. The average molecular weight is 424 g/mol. The largest absolute Gasteiger partial charge is 0.322 e. The molecular weight excluding hydrogens is 406 g/mol. The Hall–Kier alpha value is -3.19. The Labute approximate surface area is 176 Å². The quantitative estimate of drug-likeness (QED) is 0.618. The summed E-state index contributed by atoms with van der Waals surface area (Å²) in [6.07, 6.45) is 0. The van der Waals surface area contributed by atoms with Crippen LogP contribution in [0.25, 0.3) is 0 Å². The first-order valence-electron chi connectivity index (χ1n) is 9.30. The van der Waals surface area contributed by atoms with Gasteiger partial charge in [-0.3, -0.25) is 14.5 Å². The average Bonchev–Trinajstić information content (AvgIpc) is 3.12. The lowest BCUT2D eigenvalue weighted by Gasteiger charge is -2.26. The second-order valence-electron chi connectivity index (χ2n) is 6.87. The topological polar surface area (TPSA) is 49.4 Å². The standard InChI is InChI=1S/C23H18F2N2O2S/c1-14-18(24)10-5-11-20(14)27-21(28)13-30-23(27)15-6-4-7-16(12-15)26-22(29)17-8-2-3-9-19(17)25/h2-12,23H,13H2,1H3,(H,26,29)/t23-/m1/s1. The number of anilines is 2. The lowest BCUT2D eigenvalue weighted by Crippen LogP contribution is -2.28. The molecule has 0 saturated carbocycles. The number of carbonyl (C=O) groups excluding carboxylic acids is 2. The molecule has 0 aliphatic carbocycles. The SMILES string of the molecule is Cc1c(F)cccc1N1C(=O)CS[C@@H]1c1cccc(NC(=O)c2ccccc2F)c1. The highest BCUT2D eigenvalue weighted by molar-refractivity contribution is 8.00. The van der Waals surface area contributed by atoms with Gasteiger partial charge in [-0.25, -0.2) is 8.78 Å². The van der Waals surface area contributed by atoms with Crippen molar-refractivity contribution in [1.29, 1.82) is 0 Å². The van der Waals surface area contributed by atoms with Crippen LogP contribution in [0.4, 0.5) is 20.2 Å². The summed E-state index contributed by atoms with van der Waals surface area (Å²) in [7, 11) is 0. The van der Waals surface area contributed by atoms with Gasteiger partial charge in [0.15, 0.2) is 0 Å². The third-order valence-corrected chi connectivity index (χ3v) is 6.13. The highest BCUT2D eigenvalue weighted by Gasteiger charge is 2.35. The second-order valence-corrected chi connectivity index (χ2v) is 7.94. The summed E-state index contributed by atoms with van der Waals surface area (Å²) in [5.41, 5.74) is 2.14. The molecule has 0 spiro atoms. The number of amides is 2. The molecule has 1 saturated heterocycles. The molecule has 2 amide bonds. The Morgan fingerprint density at radius 1 is 1.03 bits per heavy atom. The van der Waals surface area contributed by atoms with Crippen LogP contribution in [0.5, 0.6) is 0 Å². The lowest BCUT2D eigenvalue weighted by molar-refractivity contribution is -0.115. The first-order valence-corrected chi connectivity index (χ1v) is 10.3. The van der Waals surface area contributed by atoms with Gasteiger partial charge in [0.25, 0.3) is 5.91 Å². The van der Waals surface area contributed by atoms with Crippen LogP contribution in [0, 0.1) is 18.6 Å². The van der Waals surface area contributed by atoms with E-state index in [9.17, 15) is 18.4 Å². The van der Waals surface area contributed by atoms with Gasteiger partial charge in [0.05, 0.1) is 17.0 Å². The van der Waals surface area contributed by atoms with Gasteiger partial charge < -0.3 is 5.32 Å². The molecule has 1 atom stereocenters. The summed E-state index contributed by atoms with van der Waals surface area (Å²) in [6, 6.07) is 17.5. The van der Waals surface area contributed by atoms with Gasteiger partial charge in [-0.05, 0) is 48.9 Å². The molecule has 4 nitrogen and oxygen atoms in total. The molecule has 3 aromatic carbocycles. The number of nitrogens with zero attached hydrogens (tertiary/aromatic N) is 1. The number of halogens is 2. The van der Waals surface area contributed by atoms with E-state index in [1.165, 1.54) is 36.0 Å². The van der Waals surface area contributed by atoms with Crippen molar-refractivity contribution < 1.29 is 18.4 Å². The zero-order valence-corrected chi connectivity index (χ0v) is 16.9. The van der Waals surface area contributed by atoms with Gasteiger partial charge in [-0.1, -0.05) is 30.3 Å². The maximum absolute atomic E-state index is 14.1. The first-order chi connectivity index (χ1) is 14.5. The van der Waals surface area contributed by atoms with E-state index in [0.717, 1.165) is 5.56 Å². The Morgan fingerprint density at radius 2 is 1.77 bits per heavy atom. The number of benzene rings is 3.